The van der Waals surface area contributed by atoms with Gasteiger partial charge in [0.1, 0.15) is 5.15 Å². The maximum Gasteiger partial charge on any atom is 0.192 e. The Morgan fingerprint density at radius 2 is 2.17 bits per heavy atom. The summed E-state index contributed by atoms with van der Waals surface area (Å²) in [4.78, 5) is 13.8. The maximum atomic E-state index is 10.1. The Morgan fingerprint density at radius 3 is 2.75 bits per heavy atom. The summed E-state index contributed by atoms with van der Waals surface area (Å²) in [6.45, 7) is 0. The zero-order chi connectivity index (χ0) is 9.14. The molecule has 0 N–H and O–H groups in total. The lowest BCUT2D eigenvalue weighted by Gasteiger charge is -2.02. The molecule has 0 amide bonds. The molecule has 0 aliphatic carbocycles. The molecule has 0 saturated carbocycles. The van der Waals surface area contributed by atoms with Gasteiger partial charge in [-0.1, -0.05) is 34.8 Å². The van der Waals surface area contributed by atoms with E-state index in [9.17, 15) is 4.91 Å². The SMILES string of the molecule is O=NC(Cl)c1cc(Cl)ncc1Cl. The first-order chi connectivity index (χ1) is 5.65. The molecule has 1 aromatic heterocycles. The summed E-state index contributed by atoms with van der Waals surface area (Å²) in [5, 5.41) is 3.11. The summed E-state index contributed by atoms with van der Waals surface area (Å²) < 4.78 is 0. The van der Waals surface area contributed by atoms with Gasteiger partial charge in [-0.25, -0.2) is 4.98 Å². The van der Waals surface area contributed by atoms with Gasteiger partial charge in [0.05, 0.1) is 5.02 Å². The quantitative estimate of drug-likeness (QED) is 0.335. The van der Waals surface area contributed by atoms with E-state index in [0.29, 0.717) is 5.56 Å². The highest BCUT2D eigenvalue weighted by molar-refractivity contribution is 6.34. The third kappa shape index (κ3) is 2.06. The van der Waals surface area contributed by atoms with E-state index in [2.05, 4.69) is 10.2 Å². The van der Waals surface area contributed by atoms with E-state index < -0.39 is 5.50 Å². The number of nitrogens with zero attached hydrogens (tertiary/aromatic N) is 2. The van der Waals surface area contributed by atoms with Crippen molar-refractivity contribution in [3.63, 3.8) is 0 Å². The molecule has 0 aliphatic heterocycles. The summed E-state index contributed by atoms with van der Waals surface area (Å²) in [7, 11) is 0. The number of pyridine rings is 1. The Balaban J connectivity index is 3.12. The van der Waals surface area contributed by atoms with E-state index in [1.807, 2.05) is 0 Å². The highest BCUT2D eigenvalue weighted by Crippen LogP contribution is 2.29. The van der Waals surface area contributed by atoms with E-state index in [1.165, 1.54) is 12.3 Å². The fourth-order valence-electron chi connectivity index (χ4n) is 0.667. The number of halogens is 3. The lowest BCUT2D eigenvalue weighted by molar-refractivity contribution is 0.997. The van der Waals surface area contributed by atoms with Crippen LogP contribution in [0.1, 0.15) is 11.1 Å². The van der Waals surface area contributed by atoms with Crippen LogP contribution in [0, 0.1) is 4.91 Å². The average molecular weight is 225 g/mol. The van der Waals surface area contributed by atoms with Crippen molar-refractivity contribution in [1.29, 1.82) is 0 Å². The second-order valence-electron chi connectivity index (χ2n) is 1.97. The molecule has 0 aromatic carbocycles. The Kier molecular flexibility index (Phi) is 3.26. The van der Waals surface area contributed by atoms with E-state index in [1.54, 1.807) is 0 Å². The van der Waals surface area contributed by atoms with Crippen molar-refractivity contribution in [2.45, 2.75) is 5.50 Å². The number of alkyl halides is 1. The molecule has 0 radical (unpaired) electrons. The minimum atomic E-state index is -1.02. The zero-order valence-corrected chi connectivity index (χ0v) is 7.94. The van der Waals surface area contributed by atoms with E-state index in [-0.39, 0.29) is 10.2 Å². The summed E-state index contributed by atoms with van der Waals surface area (Å²) in [6, 6.07) is 1.41. The standard InChI is InChI=1S/C6H3Cl3N2O/c7-4-2-10-5(8)1-3(4)6(9)11-12/h1-2,6H. The van der Waals surface area contributed by atoms with Crippen molar-refractivity contribution in [3.8, 4) is 0 Å². The van der Waals surface area contributed by atoms with Crippen LogP contribution in [0.4, 0.5) is 0 Å². The number of rotatable bonds is 2. The third-order valence-electron chi connectivity index (χ3n) is 1.20. The van der Waals surface area contributed by atoms with Crippen LogP contribution in [0.25, 0.3) is 0 Å². The first-order valence-electron chi connectivity index (χ1n) is 2.92. The van der Waals surface area contributed by atoms with Crippen LogP contribution in [0.2, 0.25) is 10.2 Å². The van der Waals surface area contributed by atoms with Crippen LogP contribution < -0.4 is 0 Å². The molecule has 3 nitrogen and oxygen atoms in total. The van der Waals surface area contributed by atoms with Crippen LogP contribution in [0.5, 0.6) is 0 Å². The van der Waals surface area contributed by atoms with Crippen molar-refractivity contribution in [1.82, 2.24) is 4.98 Å². The third-order valence-corrected chi connectivity index (χ3v) is 2.04. The molecule has 0 spiro atoms. The minimum Gasteiger partial charge on any atom is -0.243 e. The van der Waals surface area contributed by atoms with Gasteiger partial charge in [0.15, 0.2) is 5.50 Å². The normalized spacial score (nSPS) is 12.6. The summed E-state index contributed by atoms with van der Waals surface area (Å²) in [5.74, 6) is 0. The van der Waals surface area contributed by atoms with Crippen molar-refractivity contribution >= 4 is 34.8 Å². The molecule has 64 valence electrons. The van der Waals surface area contributed by atoms with Gasteiger partial charge in [-0.15, -0.1) is 4.91 Å². The van der Waals surface area contributed by atoms with E-state index in [4.69, 9.17) is 34.8 Å². The van der Waals surface area contributed by atoms with Crippen molar-refractivity contribution in [3.05, 3.63) is 32.9 Å². The smallest absolute Gasteiger partial charge is 0.192 e. The molecule has 1 aromatic rings. The average Bonchev–Trinajstić information content (AvgIpc) is 2.08. The summed E-state index contributed by atoms with van der Waals surface area (Å²) in [6.07, 6.45) is 1.32. The summed E-state index contributed by atoms with van der Waals surface area (Å²) in [5.41, 5.74) is -0.647. The Labute approximate surface area is 83.6 Å². The van der Waals surface area contributed by atoms with Gasteiger partial charge in [0, 0.05) is 11.8 Å². The highest BCUT2D eigenvalue weighted by Gasteiger charge is 2.12. The fourth-order valence-corrected chi connectivity index (χ4v) is 1.28. The van der Waals surface area contributed by atoms with Crippen molar-refractivity contribution in [2.75, 3.05) is 0 Å². The summed E-state index contributed by atoms with van der Waals surface area (Å²) >= 11 is 16.7. The maximum absolute atomic E-state index is 10.1. The van der Waals surface area contributed by atoms with Crippen LogP contribution in [-0.2, 0) is 0 Å². The molecule has 1 heterocycles. The molecule has 0 aliphatic rings. The number of hydrogen-bond acceptors (Lipinski definition) is 3. The largest absolute Gasteiger partial charge is 0.243 e. The van der Waals surface area contributed by atoms with Crippen LogP contribution in [0.15, 0.2) is 17.4 Å². The zero-order valence-electron chi connectivity index (χ0n) is 5.67. The van der Waals surface area contributed by atoms with Gasteiger partial charge in [-0.2, -0.15) is 0 Å². The molecular weight excluding hydrogens is 222 g/mol. The Morgan fingerprint density at radius 1 is 1.50 bits per heavy atom. The van der Waals surface area contributed by atoms with E-state index >= 15 is 0 Å². The van der Waals surface area contributed by atoms with Crippen molar-refractivity contribution in [2.24, 2.45) is 5.18 Å². The second-order valence-corrected chi connectivity index (χ2v) is 3.18. The molecule has 12 heavy (non-hydrogen) atoms. The van der Waals surface area contributed by atoms with Crippen LogP contribution in [-0.4, -0.2) is 4.98 Å². The van der Waals surface area contributed by atoms with Crippen LogP contribution >= 0.6 is 34.8 Å². The molecular formula is C6H3Cl3N2O. The Hall–Kier alpha value is -0.380. The molecule has 0 fully saturated rings. The lowest BCUT2D eigenvalue weighted by atomic mass is 10.3. The molecule has 1 rings (SSSR count). The van der Waals surface area contributed by atoms with Gasteiger partial charge >= 0.3 is 0 Å². The highest BCUT2D eigenvalue weighted by atomic mass is 35.5. The van der Waals surface area contributed by atoms with Gasteiger partial charge in [-0.3, -0.25) is 0 Å². The van der Waals surface area contributed by atoms with Crippen LogP contribution in [0.3, 0.4) is 0 Å². The number of nitroso groups, excluding NO2 is 1. The monoisotopic (exact) mass is 224 g/mol. The first-order valence-corrected chi connectivity index (χ1v) is 4.12. The molecule has 0 saturated heterocycles. The van der Waals surface area contributed by atoms with E-state index in [0.717, 1.165) is 0 Å². The van der Waals surface area contributed by atoms with Crippen molar-refractivity contribution < 1.29 is 0 Å². The minimum absolute atomic E-state index is 0.226. The first kappa shape index (κ1) is 9.71. The van der Waals surface area contributed by atoms with Gasteiger partial charge in [0.2, 0.25) is 0 Å². The molecule has 1 unspecified atom stereocenters. The lowest BCUT2D eigenvalue weighted by Crippen LogP contribution is -1.88. The second kappa shape index (κ2) is 4.03. The Bertz CT molecular complexity index is 305. The van der Waals surface area contributed by atoms with Gasteiger partial charge in [-0.05, 0) is 11.2 Å². The van der Waals surface area contributed by atoms with Gasteiger partial charge in [0.25, 0.3) is 0 Å². The molecule has 0 bridgehead atoms. The number of aromatic nitrogens is 1. The predicted molar refractivity (Wildman–Crippen MR) is 48.6 cm³/mol. The predicted octanol–water partition coefficient (Wildman–Crippen LogP) is 3.39. The molecule has 1 atom stereocenters. The fraction of sp³-hybridized carbons (Fsp3) is 0.167. The van der Waals surface area contributed by atoms with Gasteiger partial charge < -0.3 is 0 Å². The topological polar surface area (TPSA) is 42.3 Å². The molecule has 6 heteroatoms. The number of hydrogen-bond donors (Lipinski definition) is 0.